The molecule has 0 amide bonds. The van der Waals surface area contributed by atoms with Crippen molar-refractivity contribution >= 4 is 47.9 Å². The van der Waals surface area contributed by atoms with E-state index in [1.54, 1.807) is 7.11 Å². The molecular formula is C11H24OS4. The van der Waals surface area contributed by atoms with Gasteiger partial charge in [0.15, 0.2) is 0 Å². The van der Waals surface area contributed by atoms with Gasteiger partial charge in [0.1, 0.15) is 0 Å². The van der Waals surface area contributed by atoms with Crippen LogP contribution in [0.1, 0.15) is 13.8 Å². The molecule has 0 radical (unpaired) electrons. The molecule has 16 heavy (non-hydrogen) atoms. The molecule has 0 aromatic carbocycles. The van der Waals surface area contributed by atoms with Gasteiger partial charge in [-0.15, -0.1) is 0 Å². The molecule has 0 spiro atoms. The lowest BCUT2D eigenvalue weighted by Crippen LogP contribution is -2.24. The van der Waals surface area contributed by atoms with Crippen LogP contribution in [0.4, 0.5) is 0 Å². The highest BCUT2D eigenvalue weighted by Crippen LogP contribution is 2.32. The van der Waals surface area contributed by atoms with Crippen molar-refractivity contribution in [3.05, 3.63) is 0 Å². The highest BCUT2D eigenvalue weighted by atomic mass is 32.2. The minimum atomic E-state index is 0.781. The normalized spacial score (nSPS) is 24.8. The molecule has 1 nitrogen and oxygen atoms in total. The van der Waals surface area contributed by atoms with Crippen molar-refractivity contribution in [1.29, 1.82) is 0 Å². The zero-order chi connectivity index (χ0) is 12.2. The number of ether oxygens (including phenoxy) is 1. The predicted molar refractivity (Wildman–Crippen MR) is 86.9 cm³/mol. The Morgan fingerprint density at radius 1 is 1.25 bits per heavy atom. The lowest BCUT2D eigenvalue weighted by atomic mass is 10.5. The SMILES string of the molecule is CC.COCCSCC1CSC(CS)CS1. The van der Waals surface area contributed by atoms with Crippen molar-refractivity contribution < 1.29 is 4.74 Å². The van der Waals surface area contributed by atoms with Crippen molar-refractivity contribution in [3.63, 3.8) is 0 Å². The van der Waals surface area contributed by atoms with Crippen molar-refractivity contribution in [3.8, 4) is 0 Å². The molecule has 2 unspecified atom stereocenters. The first kappa shape index (κ1) is 17.4. The number of thioether (sulfide) groups is 3. The van der Waals surface area contributed by atoms with Crippen LogP contribution in [0.15, 0.2) is 0 Å². The second-order valence-electron chi connectivity index (χ2n) is 3.16. The molecule has 0 N–H and O–H groups in total. The zero-order valence-electron chi connectivity index (χ0n) is 10.5. The maximum Gasteiger partial charge on any atom is 0.0552 e. The number of methoxy groups -OCH3 is 1. The fraction of sp³-hybridized carbons (Fsp3) is 1.00. The van der Waals surface area contributed by atoms with E-state index in [1.165, 1.54) is 17.3 Å². The predicted octanol–water partition coefficient (Wildman–Crippen LogP) is 3.54. The summed E-state index contributed by atoms with van der Waals surface area (Å²) in [6, 6.07) is 0. The first-order chi connectivity index (χ1) is 7.86. The van der Waals surface area contributed by atoms with Gasteiger partial charge in [-0.3, -0.25) is 0 Å². The summed E-state index contributed by atoms with van der Waals surface area (Å²) in [5.41, 5.74) is 0. The Morgan fingerprint density at radius 3 is 2.38 bits per heavy atom. The quantitative estimate of drug-likeness (QED) is 0.593. The Balaban J connectivity index is 0.00000106. The Bertz CT molecular complexity index is 138. The van der Waals surface area contributed by atoms with Crippen LogP contribution in [0.25, 0.3) is 0 Å². The molecule has 1 rings (SSSR count). The van der Waals surface area contributed by atoms with Crippen molar-refractivity contribution in [1.82, 2.24) is 0 Å². The summed E-state index contributed by atoms with van der Waals surface area (Å²) in [6.45, 7) is 4.88. The zero-order valence-corrected chi connectivity index (χ0v) is 13.8. The minimum absolute atomic E-state index is 0.781. The average Bonchev–Trinajstić information content (AvgIpc) is 2.38. The second kappa shape index (κ2) is 12.8. The number of rotatable bonds is 6. The monoisotopic (exact) mass is 300 g/mol. The van der Waals surface area contributed by atoms with Crippen LogP contribution < -0.4 is 0 Å². The van der Waals surface area contributed by atoms with Crippen LogP contribution in [-0.2, 0) is 4.74 Å². The first-order valence-electron chi connectivity index (χ1n) is 5.77. The van der Waals surface area contributed by atoms with Gasteiger partial charge in [-0.1, -0.05) is 13.8 Å². The van der Waals surface area contributed by atoms with E-state index in [-0.39, 0.29) is 0 Å². The van der Waals surface area contributed by atoms with Gasteiger partial charge in [0, 0.05) is 46.4 Å². The van der Waals surface area contributed by atoms with Gasteiger partial charge in [0.2, 0.25) is 0 Å². The van der Waals surface area contributed by atoms with E-state index in [9.17, 15) is 0 Å². The summed E-state index contributed by atoms with van der Waals surface area (Å²) in [5, 5.41) is 1.63. The van der Waals surface area contributed by atoms with Crippen LogP contribution in [0.5, 0.6) is 0 Å². The van der Waals surface area contributed by atoms with Gasteiger partial charge in [-0.2, -0.15) is 47.9 Å². The van der Waals surface area contributed by atoms with E-state index in [0.717, 1.165) is 28.6 Å². The molecule has 0 aromatic rings. The van der Waals surface area contributed by atoms with E-state index in [0.29, 0.717) is 0 Å². The molecular weight excluding hydrogens is 276 g/mol. The van der Waals surface area contributed by atoms with Crippen molar-refractivity contribution in [2.24, 2.45) is 0 Å². The number of hydrogen-bond donors (Lipinski definition) is 1. The van der Waals surface area contributed by atoms with E-state index in [4.69, 9.17) is 4.74 Å². The Morgan fingerprint density at radius 2 is 1.88 bits per heavy atom. The maximum absolute atomic E-state index is 5.02. The third-order valence-electron chi connectivity index (χ3n) is 1.97. The average molecular weight is 301 g/mol. The molecule has 1 aliphatic heterocycles. The van der Waals surface area contributed by atoms with Gasteiger partial charge < -0.3 is 4.74 Å². The molecule has 0 bridgehead atoms. The highest BCUT2D eigenvalue weighted by molar-refractivity contribution is 8.08. The number of hydrogen-bond acceptors (Lipinski definition) is 5. The smallest absolute Gasteiger partial charge is 0.0552 e. The Hall–Kier alpha value is 1.36. The lowest BCUT2D eigenvalue weighted by Gasteiger charge is -2.26. The standard InChI is InChI=1S/C9H18OS4.C2H6/c1-10-2-3-12-5-9-7-13-8(4-11)6-14-9;1-2/h8-9,11H,2-7H2,1H3;1-2H3. The molecule has 0 saturated carbocycles. The third-order valence-corrected chi connectivity index (χ3v) is 7.19. The summed E-state index contributed by atoms with van der Waals surface area (Å²) in [6.07, 6.45) is 0. The summed E-state index contributed by atoms with van der Waals surface area (Å²) >= 11 is 10.6. The highest BCUT2D eigenvalue weighted by Gasteiger charge is 2.20. The van der Waals surface area contributed by atoms with Gasteiger partial charge >= 0.3 is 0 Å². The van der Waals surface area contributed by atoms with Crippen LogP contribution >= 0.6 is 47.9 Å². The molecule has 5 heteroatoms. The topological polar surface area (TPSA) is 9.23 Å². The molecule has 1 fully saturated rings. The molecule has 2 atom stereocenters. The van der Waals surface area contributed by atoms with E-state index in [2.05, 4.69) is 36.2 Å². The summed E-state index contributed by atoms with van der Waals surface area (Å²) in [4.78, 5) is 0. The van der Waals surface area contributed by atoms with Gasteiger partial charge in [-0.05, 0) is 0 Å². The number of thiol groups is 1. The Kier molecular flexibility index (Phi) is 13.9. The molecule has 1 aliphatic rings. The fourth-order valence-corrected chi connectivity index (χ4v) is 5.97. The lowest BCUT2D eigenvalue weighted by molar-refractivity contribution is 0.218. The molecule has 98 valence electrons. The largest absolute Gasteiger partial charge is 0.384 e. The summed E-state index contributed by atoms with van der Waals surface area (Å²) in [7, 11) is 1.77. The molecule has 0 aliphatic carbocycles. The van der Waals surface area contributed by atoms with Crippen LogP contribution in [-0.4, -0.2) is 53.0 Å². The summed E-state index contributed by atoms with van der Waals surface area (Å²) < 4.78 is 5.02. The van der Waals surface area contributed by atoms with E-state index < -0.39 is 0 Å². The van der Waals surface area contributed by atoms with E-state index in [1.807, 2.05) is 25.6 Å². The van der Waals surface area contributed by atoms with E-state index >= 15 is 0 Å². The maximum atomic E-state index is 5.02. The Labute approximate surface area is 119 Å². The second-order valence-corrected chi connectivity index (χ2v) is 7.34. The van der Waals surface area contributed by atoms with Crippen molar-refractivity contribution in [2.75, 3.05) is 42.5 Å². The third kappa shape index (κ3) is 8.45. The van der Waals surface area contributed by atoms with Crippen LogP contribution in [0.2, 0.25) is 0 Å². The van der Waals surface area contributed by atoms with Crippen LogP contribution in [0, 0.1) is 0 Å². The molecule has 1 heterocycles. The minimum Gasteiger partial charge on any atom is -0.384 e. The van der Waals surface area contributed by atoms with Gasteiger partial charge in [-0.25, -0.2) is 0 Å². The fourth-order valence-electron chi connectivity index (χ4n) is 1.14. The van der Waals surface area contributed by atoms with Crippen LogP contribution in [0.3, 0.4) is 0 Å². The van der Waals surface area contributed by atoms with Gasteiger partial charge in [0.25, 0.3) is 0 Å². The summed E-state index contributed by atoms with van der Waals surface area (Å²) in [5.74, 6) is 6.02. The molecule has 1 saturated heterocycles. The van der Waals surface area contributed by atoms with Crippen molar-refractivity contribution in [2.45, 2.75) is 24.3 Å². The first-order valence-corrected chi connectivity index (χ1v) is 9.66. The van der Waals surface area contributed by atoms with Gasteiger partial charge in [0.05, 0.1) is 6.61 Å². The molecule has 0 aromatic heterocycles.